The van der Waals surface area contributed by atoms with Crippen LogP contribution in [0.4, 0.5) is 5.82 Å². The molecule has 1 N–H and O–H groups in total. The van der Waals surface area contributed by atoms with Crippen molar-refractivity contribution in [3.05, 3.63) is 12.4 Å². The van der Waals surface area contributed by atoms with E-state index in [4.69, 9.17) is 0 Å². The van der Waals surface area contributed by atoms with Crippen molar-refractivity contribution in [2.45, 2.75) is 32.6 Å². The van der Waals surface area contributed by atoms with Crippen molar-refractivity contribution in [3.63, 3.8) is 0 Å². The van der Waals surface area contributed by atoms with Crippen molar-refractivity contribution in [2.75, 3.05) is 11.9 Å². The summed E-state index contributed by atoms with van der Waals surface area (Å²) in [5.74, 6) is 2.41. The van der Waals surface area contributed by atoms with Gasteiger partial charge in [-0.2, -0.15) is 4.52 Å². The van der Waals surface area contributed by atoms with Crippen LogP contribution in [-0.2, 0) is 0 Å². The molecule has 96 valence electrons. The molecule has 0 spiro atoms. The fraction of sp³-hybridized carbons (Fsp3) is 0.667. The number of aromatic nitrogens is 5. The molecule has 2 heterocycles. The van der Waals surface area contributed by atoms with Gasteiger partial charge in [0, 0.05) is 6.54 Å². The highest BCUT2D eigenvalue weighted by atomic mass is 15.5. The Labute approximate surface area is 106 Å². The number of nitrogens with zero attached hydrogens (tertiary/aromatic N) is 5. The minimum absolute atomic E-state index is 0.677. The van der Waals surface area contributed by atoms with Crippen LogP contribution < -0.4 is 5.32 Å². The van der Waals surface area contributed by atoms with Gasteiger partial charge in [0.2, 0.25) is 0 Å². The average molecular weight is 246 g/mol. The van der Waals surface area contributed by atoms with Crippen LogP contribution in [0.1, 0.15) is 32.6 Å². The van der Waals surface area contributed by atoms with Gasteiger partial charge in [-0.15, -0.1) is 5.10 Å². The van der Waals surface area contributed by atoms with Gasteiger partial charge < -0.3 is 5.32 Å². The lowest BCUT2D eigenvalue weighted by atomic mass is 9.80. The minimum Gasteiger partial charge on any atom is -0.368 e. The summed E-state index contributed by atoms with van der Waals surface area (Å²) in [4.78, 5) is 4.14. The number of hydrogen-bond donors (Lipinski definition) is 1. The zero-order chi connectivity index (χ0) is 12.4. The Morgan fingerprint density at radius 3 is 3.11 bits per heavy atom. The minimum atomic E-state index is 0.677. The normalized spacial score (nSPS) is 24.3. The first-order valence-corrected chi connectivity index (χ1v) is 6.60. The van der Waals surface area contributed by atoms with E-state index in [0.29, 0.717) is 5.65 Å². The second kappa shape index (κ2) is 4.88. The van der Waals surface area contributed by atoms with E-state index < -0.39 is 0 Å². The summed E-state index contributed by atoms with van der Waals surface area (Å²) in [5, 5.41) is 14.9. The third-order valence-electron chi connectivity index (χ3n) is 3.94. The van der Waals surface area contributed by atoms with Crippen LogP contribution in [-0.4, -0.2) is 31.6 Å². The Hall–Kier alpha value is -1.72. The van der Waals surface area contributed by atoms with Crippen LogP contribution in [0.5, 0.6) is 0 Å². The zero-order valence-corrected chi connectivity index (χ0v) is 10.6. The Morgan fingerprint density at radius 2 is 2.22 bits per heavy atom. The molecule has 2 atom stereocenters. The van der Waals surface area contributed by atoms with Gasteiger partial charge in [0.05, 0.1) is 12.4 Å². The van der Waals surface area contributed by atoms with Crippen LogP contribution in [0, 0.1) is 11.8 Å². The van der Waals surface area contributed by atoms with Gasteiger partial charge in [0.1, 0.15) is 5.82 Å². The summed E-state index contributed by atoms with van der Waals surface area (Å²) in [6.07, 6.45) is 8.82. The van der Waals surface area contributed by atoms with Crippen LogP contribution in [0.3, 0.4) is 0 Å². The highest BCUT2D eigenvalue weighted by Gasteiger charge is 2.21. The van der Waals surface area contributed by atoms with Crippen LogP contribution in [0.2, 0.25) is 0 Å². The molecule has 0 aliphatic heterocycles. The van der Waals surface area contributed by atoms with Crippen molar-refractivity contribution < 1.29 is 0 Å². The largest absolute Gasteiger partial charge is 0.368 e. The average Bonchev–Trinajstić information content (AvgIpc) is 2.86. The number of rotatable bonds is 3. The molecule has 1 aliphatic carbocycles. The molecule has 0 bridgehead atoms. The van der Waals surface area contributed by atoms with Crippen molar-refractivity contribution in [1.29, 1.82) is 0 Å². The molecule has 0 amide bonds. The molecule has 6 nitrogen and oxygen atoms in total. The SMILES string of the molecule is CC1CCCCC1CNc1cncc2nnnn12. The highest BCUT2D eigenvalue weighted by molar-refractivity contribution is 5.43. The van der Waals surface area contributed by atoms with Gasteiger partial charge in [-0.05, 0) is 28.7 Å². The standard InChI is InChI=1S/C12H18N6/c1-9-4-2-3-5-10(9)6-14-11-7-13-8-12-15-16-17-18(11)12/h7-10,14H,2-6H2,1H3. The molecule has 0 radical (unpaired) electrons. The third-order valence-corrected chi connectivity index (χ3v) is 3.94. The van der Waals surface area contributed by atoms with E-state index in [9.17, 15) is 0 Å². The summed E-state index contributed by atoms with van der Waals surface area (Å²) < 4.78 is 1.69. The predicted molar refractivity (Wildman–Crippen MR) is 68.2 cm³/mol. The van der Waals surface area contributed by atoms with Crippen LogP contribution in [0.15, 0.2) is 12.4 Å². The van der Waals surface area contributed by atoms with E-state index in [1.807, 2.05) is 0 Å². The van der Waals surface area contributed by atoms with Crippen LogP contribution >= 0.6 is 0 Å². The molecule has 3 rings (SSSR count). The summed E-state index contributed by atoms with van der Waals surface area (Å²) >= 11 is 0. The van der Waals surface area contributed by atoms with Gasteiger partial charge in [-0.1, -0.05) is 26.2 Å². The monoisotopic (exact) mass is 246 g/mol. The Balaban J connectivity index is 1.71. The zero-order valence-electron chi connectivity index (χ0n) is 10.6. The maximum Gasteiger partial charge on any atom is 0.199 e. The van der Waals surface area contributed by atoms with Crippen molar-refractivity contribution in [1.82, 2.24) is 25.0 Å². The molecule has 0 aromatic carbocycles. The van der Waals surface area contributed by atoms with Gasteiger partial charge in [-0.3, -0.25) is 4.98 Å². The van der Waals surface area contributed by atoms with Crippen molar-refractivity contribution >= 4 is 11.5 Å². The second-order valence-corrected chi connectivity index (χ2v) is 5.14. The Morgan fingerprint density at radius 1 is 1.33 bits per heavy atom. The number of hydrogen-bond acceptors (Lipinski definition) is 5. The van der Waals surface area contributed by atoms with Crippen molar-refractivity contribution in [3.8, 4) is 0 Å². The van der Waals surface area contributed by atoms with Gasteiger partial charge in [0.25, 0.3) is 0 Å². The quantitative estimate of drug-likeness (QED) is 0.893. The fourth-order valence-electron chi connectivity index (χ4n) is 2.73. The second-order valence-electron chi connectivity index (χ2n) is 5.14. The summed E-state index contributed by atoms with van der Waals surface area (Å²) in [6.45, 7) is 3.32. The Kier molecular flexibility index (Phi) is 3.08. The highest BCUT2D eigenvalue weighted by Crippen LogP contribution is 2.29. The van der Waals surface area contributed by atoms with Gasteiger partial charge in [0.15, 0.2) is 5.65 Å². The van der Waals surface area contributed by atoms with E-state index in [2.05, 4.69) is 32.7 Å². The number of nitrogens with one attached hydrogen (secondary N) is 1. The molecular weight excluding hydrogens is 228 g/mol. The lowest BCUT2D eigenvalue weighted by molar-refractivity contribution is 0.268. The summed E-state index contributed by atoms with van der Waals surface area (Å²) in [6, 6.07) is 0. The molecule has 1 saturated carbocycles. The lowest BCUT2D eigenvalue weighted by Gasteiger charge is -2.29. The van der Waals surface area contributed by atoms with E-state index in [1.54, 1.807) is 16.9 Å². The molecule has 0 saturated heterocycles. The molecule has 1 aliphatic rings. The molecule has 2 aromatic heterocycles. The van der Waals surface area contributed by atoms with E-state index in [1.165, 1.54) is 25.7 Å². The molecular formula is C12H18N6. The first-order valence-electron chi connectivity index (χ1n) is 6.60. The molecule has 2 aromatic rings. The molecule has 2 unspecified atom stereocenters. The molecule has 6 heteroatoms. The number of tetrazole rings is 1. The number of fused-ring (bicyclic) bond motifs is 1. The maximum absolute atomic E-state index is 4.14. The topological polar surface area (TPSA) is 68.0 Å². The molecule has 1 fully saturated rings. The fourth-order valence-corrected chi connectivity index (χ4v) is 2.73. The van der Waals surface area contributed by atoms with E-state index in [0.717, 1.165) is 24.2 Å². The number of anilines is 1. The Bertz CT molecular complexity index is 522. The first kappa shape index (κ1) is 11.4. The van der Waals surface area contributed by atoms with Gasteiger partial charge in [-0.25, -0.2) is 0 Å². The van der Waals surface area contributed by atoms with E-state index in [-0.39, 0.29) is 0 Å². The molecule has 18 heavy (non-hydrogen) atoms. The lowest BCUT2D eigenvalue weighted by Crippen LogP contribution is -2.25. The predicted octanol–water partition coefficient (Wildman–Crippen LogP) is 1.76. The maximum atomic E-state index is 4.14. The summed E-state index contributed by atoms with van der Waals surface area (Å²) in [7, 11) is 0. The van der Waals surface area contributed by atoms with Crippen LogP contribution in [0.25, 0.3) is 5.65 Å². The summed E-state index contributed by atoms with van der Waals surface area (Å²) in [5.41, 5.74) is 0.677. The first-order chi connectivity index (χ1) is 8.84. The van der Waals surface area contributed by atoms with Crippen molar-refractivity contribution in [2.24, 2.45) is 11.8 Å². The smallest absolute Gasteiger partial charge is 0.199 e. The van der Waals surface area contributed by atoms with Gasteiger partial charge >= 0.3 is 0 Å². The van der Waals surface area contributed by atoms with E-state index >= 15 is 0 Å². The third kappa shape index (κ3) is 2.14.